The first-order valence-corrected chi connectivity index (χ1v) is 10.5. The molecule has 9 nitrogen and oxygen atoms in total. The van der Waals surface area contributed by atoms with Gasteiger partial charge in [-0.05, 0) is 48.5 Å². The van der Waals surface area contributed by atoms with Crippen LogP contribution >= 0.6 is 0 Å². The maximum Gasteiger partial charge on any atom is 0.251 e. The number of benzene rings is 2. The Hall–Kier alpha value is -3.24. The molecule has 3 N–H and O–H groups in total. The summed E-state index contributed by atoms with van der Waals surface area (Å²) in [5.41, 5.74) is 1.33. The van der Waals surface area contributed by atoms with Crippen molar-refractivity contribution in [3.8, 4) is 0 Å². The number of anilines is 1. The molecule has 0 saturated carbocycles. The summed E-state index contributed by atoms with van der Waals surface area (Å²) in [7, 11) is -0.687. The molecule has 0 aliphatic heterocycles. The van der Waals surface area contributed by atoms with Crippen molar-refractivity contribution in [2.45, 2.75) is 11.8 Å². The maximum atomic E-state index is 12.2. The van der Waals surface area contributed by atoms with Crippen molar-refractivity contribution in [1.29, 1.82) is 0 Å². The summed E-state index contributed by atoms with van der Waals surface area (Å²) in [4.78, 5) is 35.4. The predicted molar refractivity (Wildman–Crippen MR) is 113 cm³/mol. The summed E-state index contributed by atoms with van der Waals surface area (Å²) < 4.78 is 25.2. The molecular formula is C20H24N4O5S. The average Bonchev–Trinajstić information content (AvgIpc) is 2.71. The lowest BCUT2D eigenvalue weighted by atomic mass is 10.2. The molecule has 0 heterocycles. The highest BCUT2D eigenvalue weighted by atomic mass is 32.2. The Bertz CT molecular complexity index is 1020. The first-order chi connectivity index (χ1) is 14.1. The van der Waals surface area contributed by atoms with E-state index < -0.39 is 10.0 Å². The Labute approximate surface area is 175 Å². The topological polar surface area (TPSA) is 125 Å². The fourth-order valence-corrected chi connectivity index (χ4v) is 3.36. The van der Waals surface area contributed by atoms with Crippen molar-refractivity contribution in [2.24, 2.45) is 0 Å². The van der Waals surface area contributed by atoms with Gasteiger partial charge < -0.3 is 16.0 Å². The minimum absolute atomic E-state index is 0.0980. The smallest absolute Gasteiger partial charge is 0.251 e. The quantitative estimate of drug-likeness (QED) is 0.538. The van der Waals surface area contributed by atoms with Crippen LogP contribution in [0.4, 0.5) is 5.69 Å². The molecule has 0 atom stereocenters. The van der Waals surface area contributed by atoms with Gasteiger partial charge in [-0.2, -0.15) is 0 Å². The summed E-state index contributed by atoms with van der Waals surface area (Å²) >= 11 is 0. The van der Waals surface area contributed by atoms with Crippen LogP contribution in [0.5, 0.6) is 0 Å². The molecule has 3 amide bonds. The number of hydrogen-bond donors (Lipinski definition) is 3. The van der Waals surface area contributed by atoms with Crippen LogP contribution in [-0.4, -0.2) is 57.6 Å². The molecule has 30 heavy (non-hydrogen) atoms. The van der Waals surface area contributed by atoms with E-state index in [0.29, 0.717) is 16.8 Å². The van der Waals surface area contributed by atoms with Gasteiger partial charge in [0.25, 0.3) is 11.8 Å². The molecule has 0 aliphatic carbocycles. The normalized spacial score (nSPS) is 11.1. The van der Waals surface area contributed by atoms with Crippen LogP contribution in [0, 0.1) is 0 Å². The number of nitrogens with zero attached hydrogens (tertiary/aromatic N) is 1. The molecule has 0 spiro atoms. The van der Waals surface area contributed by atoms with Gasteiger partial charge in [0, 0.05) is 50.9 Å². The van der Waals surface area contributed by atoms with E-state index in [9.17, 15) is 22.8 Å². The van der Waals surface area contributed by atoms with Crippen LogP contribution in [0.3, 0.4) is 0 Å². The number of hydrogen-bond acceptors (Lipinski definition) is 5. The molecule has 0 unspecified atom stereocenters. The zero-order valence-electron chi connectivity index (χ0n) is 16.9. The van der Waals surface area contributed by atoms with Crippen molar-refractivity contribution in [1.82, 2.24) is 14.9 Å². The zero-order chi connectivity index (χ0) is 22.3. The molecule has 0 aromatic heterocycles. The molecular weight excluding hydrogens is 408 g/mol. The van der Waals surface area contributed by atoms with Gasteiger partial charge in [0.05, 0.1) is 4.90 Å². The molecule has 0 fully saturated rings. The third kappa shape index (κ3) is 6.13. The van der Waals surface area contributed by atoms with Gasteiger partial charge in [0.15, 0.2) is 0 Å². The largest absolute Gasteiger partial charge is 0.350 e. The molecule has 2 aromatic carbocycles. The minimum Gasteiger partial charge on any atom is -0.350 e. The van der Waals surface area contributed by atoms with Crippen LogP contribution in [0.1, 0.15) is 27.6 Å². The van der Waals surface area contributed by atoms with Crippen LogP contribution in [0.2, 0.25) is 0 Å². The second-order valence-corrected chi connectivity index (χ2v) is 8.73. The van der Waals surface area contributed by atoms with E-state index in [-0.39, 0.29) is 35.7 Å². The van der Waals surface area contributed by atoms with E-state index in [4.69, 9.17) is 0 Å². The number of carbonyl (C=O) groups excluding carboxylic acids is 3. The number of amides is 3. The van der Waals surface area contributed by atoms with Gasteiger partial charge in [0.2, 0.25) is 15.9 Å². The van der Waals surface area contributed by atoms with Crippen LogP contribution < -0.4 is 16.0 Å². The highest BCUT2D eigenvalue weighted by Crippen LogP contribution is 2.14. The summed E-state index contributed by atoms with van der Waals surface area (Å²) in [6.45, 7) is 1.81. The highest BCUT2D eigenvalue weighted by molar-refractivity contribution is 7.89. The summed E-state index contributed by atoms with van der Waals surface area (Å²) in [6.07, 6.45) is 0. The lowest BCUT2D eigenvalue weighted by Gasteiger charge is -2.12. The molecule has 0 saturated heterocycles. The lowest BCUT2D eigenvalue weighted by Crippen LogP contribution is -2.34. The van der Waals surface area contributed by atoms with Crippen molar-refractivity contribution in [3.05, 3.63) is 59.7 Å². The third-order valence-corrected chi connectivity index (χ3v) is 5.89. The van der Waals surface area contributed by atoms with Gasteiger partial charge >= 0.3 is 0 Å². The monoisotopic (exact) mass is 432 g/mol. The van der Waals surface area contributed by atoms with Crippen molar-refractivity contribution in [3.63, 3.8) is 0 Å². The van der Waals surface area contributed by atoms with Crippen LogP contribution in [0.15, 0.2) is 53.4 Å². The lowest BCUT2D eigenvalue weighted by molar-refractivity contribution is -0.114. The van der Waals surface area contributed by atoms with Crippen molar-refractivity contribution < 1.29 is 22.8 Å². The molecule has 160 valence electrons. The first-order valence-electron chi connectivity index (χ1n) is 9.08. The Morgan fingerprint density at radius 3 is 1.63 bits per heavy atom. The first kappa shape index (κ1) is 23.0. The maximum absolute atomic E-state index is 12.2. The fraction of sp³-hybridized carbons (Fsp3) is 0.250. The van der Waals surface area contributed by atoms with E-state index in [2.05, 4.69) is 16.0 Å². The second kappa shape index (κ2) is 9.99. The van der Waals surface area contributed by atoms with E-state index in [1.807, 2.05) is 0 Å². The Kier molecular flexibility index (Phi) is 7.67. The van der Waals surface area contributed by atoms with Gasteiger partial charge in [-0.25, -0.2) is 12.7 Å². The summed E-state index contributed by atoms with van der Waals surface area (Å²) in [5.74, 6) is -0.883. The minimum atomic E-state index is -3.55. The van der Waals surface area contributed by atoms with Gasteiger partial charge in [-0.1, -0.05) is 0 Å². The average molecular weight is 433 g/mol. The zero-order valence-corrected chi connectivity index (χ0v) is 17.7. The predicted octanol–water partition coefficient (Wildman–Crippen LogP) is 1.06. The number of sulfonamides is 1. The number of nitrogens with one attached hydrogen (secondary N) is 3. The Morgan fingerprint density at radius 1 is 0.800 bits per heavy atom. The SMILES string of the molecule is CC(=O)Nc1ccc(C(=O)NCCNC(=O)c2ccc(S(=O)(=O)N(C)C)cc2)cc1. The van der Waals surface area contributed by atoms with Crippen molar-refractivity contribution >= 4 is 33.4 Å². The van der Waals surface area contributed by atoms with E-state index >= 15 is 0 Å². The summed E-state index contributed by atoms with van der Waals surface area (Å²) in [6, 6.07) is 12.0. The fourth-order valence-electron chi connectivity index (χ4n) is 2.45. The highest BCUT2D eigenvalue weighted by Gasteiger charge is 2.17. The van der Waals surface area contributed by atoms with Crippen LogP contribution in [-0.2, 0) is 14.8 Å². The van der Waals surface area contributed by atoms with E-state index in [1.165, 1.54) is 45.3 Å². The Balaban J connectivity index is 1.82. The van der Waals surface area contributed by atoms with E-state index in [1.54, 1.807) is 24.3 Å². The molecule has 0 bridgehead atoms. The number of rotatable bonds is 8. The summed E-state index contributed by atoms with van der Waals surface area (Å²) in [5, 5.41) is 7.95. The van der Waals surface area contributed by atoms with Gasteiger partial charge in [-0.3, -0.25) is 14.4 Å². The van der Waals surface area contributed by atoms with Crippen LogP contribution in [0.25, 0.3) is 0 Å². The molecule has 2 aromatic rings. The van der Waals surface area contributed by atoms with Gasteiger partial charge in [-0.15, -0.1) is 0 Å². The Morgan fingerprint density at radius 2 is 1.23 bits per heavy atom. The molecule has 0 radical (unpaired) electrons. The molecule has 2 rings (SSSR count). The number of carbonyl (C=O) groups is 3. The standard InChI is InChI=1S/C20H24N4O5S/c1-14(25)23-17-8-4-15(5-9-17)19(26)21-12-13-22-20(27)16-6-10-18(11-7-16)30(28,29)24(2)3/h4-11H,12-13H2,1-3H3,(H,21,26)(H,22,27)(H,23,25). The molecule has 0 aliphatic rings. The third-order valence-electron chi connectivity index (χ3n) is 4.06. The molecule has 10 heteroatoms. The van der Waals surface area contributed by atoms with E-state index in [0.717, 1.165) is 4.31 Å². The van der Waals surface area contributed by atoms with Crippen molar-refractivity contribution in [2.75, 3.05) is 32.5 Å². The second-order valence-electron chi connectivity index (χ2n) is 6.58. The van der Waals surface area contributed by atoms with Gasteiger partial charge in [0.1, 0.15) is 0 Å².